The van der Waals surface area contributed by atoms with Crippen LogP contribution >= 0.6 is 0 Å². The zero-order valence-corrected chi connectivity index (χ0v) is 13.7. The van der Waals surface area contributed by atoms with Crippen LogP contribution in [0.4, 0.5) is 0 Å². The number of para-hydroxylation sites is 2. The number of hydrogen-bond acceptors (Lipinski definition) is 1. The van der Waals surface area contributed by atoms with E-state index in [1.165, 1.54) is 5.56 Å². The van der Waals surface area contributed by atoms with E-state index in [4.69, 9.17) is 4.74 Å². The molecule has 0 N–H and O–H groups in total. The van der Waals surface area contributed by atoms with Crippen LogP contribution in [0.2, 0.25) is 0 Å². The van der Waals surface area contributed by atoms with E-state index in [2.05, 4.69) is 70.9 Å². The van der Waals surface area contributed by atoms with Crippen LogP contribution in [0.3, 0.4) is 0 Å². The molecule has 0 aliphatic carbocycles. The molecule has 3 aromatic carbocycles. The molecule has 0 bridgehead atoms. The molecular formula is C21H18N2O. The highest BCUT2D eigenvalue weighted by molar-refractivity contribution is 5.74. The van der Waals surface area contributed by atoms with Crippen LogP contribution in [-0.4, -0.2) is 11.7 Å². The van der Waals surface area contributed by atoms with Crippen molar-refractivity contribution in [1.82, 2.24) is 4.57 Å². The van der Waals surface area contributed by atoms with Crippen molar-refractivity contribution in [1.29, 1.82) is 0 Å². The van der Waals surface area contributed by atoms with Gasteiger partial charge in [-0.1, -0.05) is 42.0 Å². The Balaban J connectivity index is 1.91. The third-order valence-electron chi connectivity index (χ3n) is 4.19. The molecule has 3 nitrogen and oxygen atoms in total. The first-order chi connectivity index (χ1) is 11.8. The molecule has 0 saturated carbocycles. The number of methoxy groups -OCH3 is 1. The summed E-state index contributed by atoms with van der Waals surface area (Å²) >= 11 is 0. The fourth-order valence-corrected chi connectivity index (χ4v) is 2.87. The normalized spacial score (nSPS) is 10.9. The maximum absolute atomic E-state index is 5.25. The average molecular weight is 314 g/mol. The van der Waals surface area contributed by atoms with E-state index in [0.29, 0.717) is 0 Å². The second-order valence-corrected chi connectivity index (χ2v) is 5.79. The predicted octanol–water partition coefficient (Wildman–Crippen LogP) is 4.02. The summed E-state index contributed by atoms with van der Waals surface area (Å²) in [6, 6.07) is 24.8. The number of nitrogens with zero attached hydrogens (tertiary/aromatic N) is 2. The van der Waals surface area contributed by atoms with Crippen LogP contribution < -0.4 is 9.30 Å². The van der Waals surface area contributed by atoms with Gasteiger partial charge in [0.25, 0.3) is 6.33 Å². The Bertz CT molecular complexity index is 983. The summed E-state index contributed by atoms with van der Waals surface area (Å²) in [6.07, 6.45) is 3.47. The van der Waals surface area contributed by atoms with E-state index in [1.54, 1.807) is 7.11 Å². The highest BCUT2D eigenvalue weighted by Gasteiger charge is 2.11. The van der Waals surface area contributed by atoms with Crippen molar-refractivity contribution in [2.75, 3.05) is 7.11 Å². The lowest BCUT2D eigenvalue weighted by Crippen LogP contribution is -2.29. The first kappa shape index (κ1) is 14.5. The fourth-order valence-electron chi connectivity index (χ4n) is 2.87. The summed E-state index contributed by atoms with van der Waals surface area (Å²) in [5, 5.41) is 0. The Kier molecular flexibility index (Phi) is 3.54. The molecule has 0 aliphatic rings. The van der Waals surface area contributed by atoms with Crippen LogP contribution in [0.25, 0.3) is 22.4 Å². The molecule has 0 atom stereocenters. The summed E-state index contributed by atoms with van der Waals surface area (Å²) in [5.41, 5.74) is 5.64. The van der Waals surface area contributed by atoms with E-state index >= 15 is 0 Å². The Labute approximate surface area is 141 Å². The number of hydrogen-bond donors (Lipinski definition) is 0. The fraction of sp³-hybridized carbons (Fsp3) is 0.0952. The lowest BCUT2D eigenvalue weighted by molar-refractivity contribution is -0.572. The standard InChI is InChI=1S/C21H18N2O/c1-16-7-9-17(10-8-16)22-15-23(21-6-4-3-5-20(21)22)18-11-13-19(24-2)14-12-18/h3-14H,1-2H3. The second-order valence-electron chi connectivity index (χ2n) is 5.79. The minimum absolute atomic E-state index is 0.849. The highest BCUT2D eigenvalue weighted by atomic mass is 16.5. The van der Waals surface area contributed by atoms with Gasteiger partial charge in [-0.3, -0.25) is 9.13 Å². The largest absolute Gasteiger partial charge is 0.497 e. The topological polar surface area (TPSA) is 18.0 Å². The Hall–Kier alpha value is -3.07. The van der Waals surface area contributed by atoms with Gasteiger partial charge in [-0.25, -0.2) is 0 Å². The summed E-state index contributed by atoms with van der Waals surface area (Å²) in [5.74, 6) is 0.849. The monoisotopic (exact) mass is 314 g/mol. The zero-order valence-electron chi connectivity index (χ0n) is 13.7. The molecule has 0 aliphatic heterocycles. The van der Waals surface area contributed by atoms with Gasteiger partial charge in [0.1, 0.15) is 5.75 Å². The molecule has 0 amide bonds. The van der Waals surface area contributed by atoms with Crippen molar-refractivity contribution in [3.8, 4) is 17.1 Å². The average Bonchev–Trinajstić information content (AvgIpc) is 3.02. The van der Waals surface area contributed by atoms with Crippen molar-refractivity contribution in [2.24, 2.45) is 0 Å². The molecule has 0 fully saturated rings. The molecule has 1 aromatic heterocycles. The predicted molar refractivity (Wildman–Crippen MR) is 94.9 cm³/mol. The van der Waals surface area contributed by atoms with Gasteiger partial charge in [-0.15, -0.1) is 0 Å². The SMILES string of the molecule is COc1ccc(-n2[c-][n+](-c3ccc(C)cc3)c3ccccc32)cc1. The molecule has 24 heavy (non-hydrogen) atoms. The minimum atomic E-state index is 0.849. The molecule has 0 saturated heterocycles. The lowest BCUT2D eigenvalue weighted by Gasteiger charge is -2.04. The van der Waals surface area contributed by atoms with Gasteiger partial charge in [-0.2, -0.15) is 0 Å². The maximum atomic E-state index is 5.25. The second kappa shape index (κ2) is 5.85. The molecule has 0 spiro atoms. The van der Waals surface area contributed by atoms with Gasteiger partial charge >= 0.3 is 0 Å². The first-order valence-corrected chi connectivity index (χ1v) is 7.92. The lowest BCUT2D eigenvalue weighted by atomic mass is 10.2. The molecule has 1 heterocycles. The Morgan fingerprint density at radius 2 is 1.58 bits per heavy atom. The Morgan fingerprint density at radius 1 is 0.875 bits per heavy atom. The van der Waals surface area contributed by atoms with Crippen LogP contribution in [-0.2, 0) is 0 Å². The number of aromatic nitrogens is 2. The van der Waals surface area contributed by atoms with Crippen LogP contribution in [0, 0.1) is 13.3 Å². The summed E-state index contributed by atoms with van der Waals surface area (Å²) < 4.78 is 9.43. The van der Waals surface area contributed by atoms with E-state index in [-0.39, 0.29) is 0 Å². The van der Waals surface area contributed by atoms with E-state index in [1.807, 2.05) is 24.3 Å². The number of imidazole rings is 1. The molecule has 4 aromatic rings. The number of ether oxygens (including phenoxy) is 1. The third kappa shape index (κ3) is 2.44. The molecule has 4 rings (SSSR count). The number of fused-ring (bicyclic) bond motifs is 1. The molecule has 3 heteroatoms. The van der Waals surface area contributed by atoms with Crippen molar-refractivity contribution < 1.29 is 9.30 Å². The van der Waals surface area contributed by atoms with Crippen molar-refractivity contribution >= 4 is 11.0 Å². The van der Waals surface area contributed by atoms with Gasteiger partial charge in [0.2, 0.25) is 0 Å². The first-order valence-electron chi connectivity index (χ1n) is 7.92. The van der Waals surface area contributed by atoms with Gasteiger partial charge in [0, 0.05) is 0 Å². The Morgan fingerprint density at radius 3 is 2.29 bits per heavy atom. The molecule has 0 unspecified atom stereocenters. The third-order valence-corrected chi connectivity index (χ3v) is 4.19. The van der Waals surface area contributed by atoms with E-state index < -0.39 is 0 Å². The van der Waals surface area contributed by atoms with Gasteiger partial charge in [0.15, 0.2) is 0 Å². The zero-order chi connectivity index (χ0) is 16.5. The number of benzene rings is 3. The van der Waals surface area contributed by atoms with Crippen molar-refractivity contribution in [3.63, 3.8) is 0 Å². The summed E-state index contributed by atoms with van der Waals surface area (Å²) in [4.78, 5) is 0. The quantitative estimate of drug-likeness (QED) is 0.412. The van der Waals surface area contributed by atoms with Crippen molar-refractivity contribution in [2.45, 2.75) is 6.92 Å². The van der Waals surface area contributed by atoms with Crippen LogP contribution in [0.5, 0.6) is 5.75 Å². The molecular weight excluding hydrogens is 296 g/mol. The van der Waals surface area contributed by atoms with Gasteiger partial charge in [-0.05, 0) is 43.3 Å². The van der Waals surface area contributed by atoms with Gasteiger partial charge < -0.3 is 4.74 Å². The maximum Gasteiger partial charge on any atom is 0.269 e. The minimum Gasteiger partial charge on any atom is -0.497 e. The smallest absolute Gasteiger partial charge is 0.269 e. The van der Waals surface area contributed by atoms with Crippen molar-refractivity contribution in [3.05, 3.63) is 84.7 Å². The number of aryl methyl sites for hydroxylation is 1. The highest BCUT2D eigenvalue weighted by Crippen LogP contribution is 2.20. The van der Waals surface area contributed by atoms with E-state index in [9.17, 15) is 0 Å². The molecule has 0 radical (unpaired) electrons. The number of rotatable bonds is 3. The van der Waals surface area contributed by atoms with Crippen LogP contribution in [0.1, 0.15) is 5.56 Å². The van der Waals surface area contributed by atoms with Gasteiger partial charge in [0.05, 0.1) is 29.5 Å². The van der Waals surface area contributed by atoms with E-state index in [0.717, 1.165) is 28.2 Å². The summed E-state index contributed by atoms with van der Waals surface area (Å²) in [6.45, 7) is 2.10. The molecule has 118 valence electrons. The van der Waals surface area contributed by atoms with Crippen LogP contribution in [0.15, 0.2) is 72.8 Å². The summed E-state index contributed by atoms with van der Waals surface area (Å²) in [7, 11) is 1.68.